The first kappa shape index (κ1) is 14.4. The van der Waals surface area contributed by atoms with Crippen molar-refractivity contribution in [3.8, 4) is 0 Å². The fourth-order valence-corrected chi connectivity index (χ4v) is 2.81. The van der Waals surface area contributed by atoms with Crippen LogP contribution in [0.2, 0.25) is 0 Å². The van der Waals surface area contributed by atoms with Gasteiger partial charge in [0.25, 0.3) is 5.91 Å². The second kappa shape index (κ2) is 6.08. The number of hydrogen-bond acceptors (Lipinski definition) is 5. The normalized spacial score (nSPS) is 19.8. The zero-order valence-corrected chi connectivity index (χ0v) is 13.3. The third-order valence-electron chi connectivity index (χ3n) is 3.57. The Balaban J connectivity index is 1.68. The van der Waals surface area contributed by atoms with Gasteiger partial charge in [-0.05, 0) is 29.0 Å². The number of H-pyrrole nitrogens is 1. The first-order chi connectivity index (χ1) is 10.1. The highest BCUT2D eigenvalue weighted by Gasteiger charge is 2.19. The zero-order valence-electron chi connectivity index (χ0n) is 11.7. The molecule has 1 aliphatic rings. The molecule has 1 aliphatic heterocycles. The smallest absolute Gasteiger partial charge is 0.270 e. The molecule has 1 saturated heterocycles. The standard InChI is InChI=1S/C13H17BrN6O/c1-20-3-2-15-9(7-20)6-17-13(21)11-10-4-8(14)5-16-12(10)19-18-11/h4-5,9,15H,2-3,6-7H2,1H3,(H,17,21)(H,16,18,19). The number of aromatic amines is 1. The summed E-state index contributed by atoms with van der Waals surface area (Å²) >= 11 is 3.36. The SMILES string of the molecule is CN1CCNC(CNC(=O)c2[nH]nc3ncc(Br)cc23)C1. The molecule has 1 fully saturated rings. The van der Waals surface area contributed by atoms with E-state index >= 15 is 0 Å². The summed E-state index contributed by atoms with van der Waals surface area (Å²) < 4.78 is 0.820. The Morgan fingerprint density at radius 3 is 3.29 bits per heavy atom. The Morgan fingerprint density at radius 2 is 2.48 bits per heavy atom. The van der Waals surface area contributed by atoms with Crippen LogP contribution in [0.1, 0.15) is 10.5 Å². The number of nitrogens with one attached hydrogen (secondary N) is 3. The average molecular weight is 353 g/mol. The number of piperazine rings is 1. The summed E-state index contributed by atoms with van der Waals surface area (Å²) in [5, 5.41) is 13.9. The van der Waals surface area contributed by atoms with Gasteiger partial charge in [-0.2, -0.15) is 5.10 Å². The van der Waals surface area contributed by atoms with Gasteiger partial charge in [-0.25, -0.2) is 4.98 Å². The van der Waals surface area contributed by atoms with E-state index in [1.165, 1.54) is 0 Å². The summed E-state index contributed by atoms with van der Waals surface area (Å²) in [5.41, 5.74) is 0.988. The van der Waals surface area contributed by atoms with Crippen LogP contribution < -0.4 is 10.6 Å². The zero-order chi connectivity index (χ0) is 14.8. The lowest BCUT2D eigenvalue weighted by Gasteiger charge is -2.30. The molecular formula is C13H17BrN6O. The molecule has 3 heterocycles. The third kappa shape index (κ3) is 3.22. The second-order valence-electron chi connectivity index (χ2n) is 5.25. The maximum absolute atomic E-state index is 12.3. The summed E-state index contributed by atoms with van der Waals surface area (Å²) in [5.74, 6) is -0.160. The fourth-order valence-electron chi connectivity index (χ4n) is 2.48. The van der Waals surface area contributed by atoms with Crippen LogP contribution in [0.4, 0.5) is 0 Å². The lowest BCUT2D eigenvalue weighted by atomic mass is 10.2. The van der Waals surface area contributed by atoms with Crippen LogP contribution in [0.3, 0.4) is 0 Å². The number of hydrogen-bond donors (Lipinski definition) is 3. The van der Waals surface area contributed by atoms with E-state index in [0.29, 0.717) is 17.9 Å². The Kier molecular flexibility index (Phi) is 4.18. The summed E-state index contributed by atoms with van der Waals surface area (Å²) in [6, 6.07) is 2.11. The van der Waals surface area contributed by atoms with E-state index < -0.39 is 0 Å². The quantitative estimate of drug-likeness (QED) is 0.742. The van der Waals surface area contributed by atoms with Gasteiger partial charge >= 0.3 is 0 Å². The van der Waals surface area contributed by atoms with Crippen molar-refractivity contribution in [2.45, 2.75) is 6.04 Å². The average Bonchev–Trinajstić information content (AvgIpc) is 2.88. The molecule has 7 nitrogen and oxygen atoms in total. The number of pyridine rings is 1. The van der Waals surface area contributed by atoms with Gasteiger partial charge in [-0.15, -0.1) is 0 Å². The highest BCUT2D eigenvalue weighted by molar-refractivity contribution is 9.10. The van der Waals surface area contributed by atoms with Gasteiger partial charge in [0.05, 0.1) is 5.39 Å². The second-order valence-corrected chi connectivity index (χ2v) is 6.16. The summed E-state index contributed by atoms with van der Waals surface area (Å²) in [6.07, 6.45) is 1.66. The largest absolute Gasteiger partial charge is 0.349 e. The van der Waals surface area contributed by atoms with Crippen molar-refractivity contribution < 1.29 is 4.79 Å². The molecule has 0 aliphatic carbocycles. The molecule has 1 unspecified atom stereocenters. The van der Waals surface area contributed by atoms with E-state index in [2.05, 4.69) is 53.7 Å². The first-order valence-electron chi connectivity index (χ1n) is 6.83. The van der Waals surface area contributed by atoms with Gasteiger partial charge in [-0.3, -0.25) is 9.89 Å². The van der Waals surface area contributed by atoms with Gasteiger partial charge in [0.2, 0.25) is 0 Å². The Morgan fingerprint density at radius 1 is 1.62 bits per heavy atom. The van der Waals surface area contributed by atoms with Crippen molar-refractivity contribution in [3.63, 3.8) is 0 Å². The fraction of sp³-hybridized carbons (Fsp3) is 0.462. The maximum Gasteiger partial charge on any atom is 0.270 e. The van der Waals surface area contributed by atoms with Gasteiger partial charge in [-0.1, -0.05) is 0 Å². The molecule has 3 N–H and O–H groups in total. The van der Waals surface area contributed by atoms with Crippen LogP contribution >= 0.6 is 15.9 Å². The van der Waals surface area contributed by atoms with Gasteiger partial charge in [0, 0.05) is 42.9 Å². The van der Waals surface area contributed by atoms with Crippen molar-refractivity contribution in [1.82, 2.24) is 30.7 Å². The minimum atomic E-state index is -0.160. The number of carbonyl (C=O) groups excluding carboxylic acids is 1. The number of aromatic nitrogens is 3. The minimum absolute atomic E-state index is 0.160. The molecule has 1 atom stereocenters. The predicted molar refractivity (Wildman–Crippen MR) is 83.2 cm³/mol. The van der Waals surface area contributed by atoms with Gasteiger partial charge < -0.3 is 15.5 Å². The number of fused-ring (bicyclic) bond motifs is 1. The van der Waals surface area contributed by atoms with Gasteiger partial charge in [0.15, 0.2) is 5.65 Å². The topological polar surface area (TPSA) is 85.9 Å². The van der Waals surface area contributed by atoms with Crippen LogP contribution in [0.5, 0.6) is 0 Å². The Hall–Kier alpha value is -1.51. The van der Waals surface area contributed by atoms with Crippen LogP contribution in [-0.2, 0) is 0 Å². The predicted octanol–water partition coefficient (Wildman–Crippen LogP) is 0.354. The summed E-state index contributed by atoms with van der Waals surface area (Å²) in [4.78, 5) is 18.7. The highest BCUT2D eigenvalue weighted by Crippen LogP contribution is 2.18. The molecule has 8 heteroatoms. The Labute approximate surface area is 130 Å². The van der Waals surface area contributed by atoms with E-state index in [1.807, 2.05) is 6.07 Å². The van der Waals surface area contributed by atoms with Crippen molar-refractivity contribution in [1.29, 1.82) is 0 Å². The van der Waals surface area contributed by atoms with Crippen molar-refractivity contribution in [2.75, 3.05) is 33.2 Å². The molecule has 0 spiro atoms. The summed E-state index contributed by atoms with van der Waals surface area (Å²) in [7, 11) is 2.08. The highest BCUT2D eigenvalue weighted by atomic mass is 79.9. The van der Waals surface area contributed by atoms with Gasteiger partial charge in [0.1, 0.15) is 5.69 Å². The molecule has 112 valence electrons. The van der Waals surface area contributed by atoms with Crippen LogP contribution in [0.25, 0.3) is 11.0 Å². The number of likely N-dealkylation sites (N-methyl/N-ethyl adjacent to an activating group) is 1. The van der Waals surface area contributed by atoms with Crippen LogP contribution in [0.15, 0.2) is 16.7 Å². The number of rotatable bonds is 3. The summed E-state index contributed by atoms with van der Waals surface area (Å²) in [6.45, 7) is 3.50. The van der Waals surface area contributed by atoms with Crippen molar-refractivity contribution in [3.05, 3.63) is 22.4 Å². The molecule has 0 saturated carbocycles. The van der Waals surface area contributed by atoms with E-state index in [9.17, 15) is 4.79 Å². The number of amides is 1. The third-order valence-corrected chi connectivity index (χ3v) is 4.00. The van der Waals surface area contributed by atoms with Crippen LogP contribution in [-0.4, -0.2) is 65.3 Å². The number of halogens is 1. The molecular weight excluding hydrogens is 336 g/mol. The van der Waals surface area contributed by atoms with Crippen molar-refractivity contribution >= 4 is 32.9 Å². The van der Waals surface area contributed by atoms with E-state index in [1.54, 1.807) is 6.20 Å². The molecule has 0 bridgehead atoms. The molecule has 2 aromatic rings. The molecule has 0 radical (unpaired) electrons. The Bertz CT molecular complexity index is 657. The number of carbonyl (C=O) groups is 1. The minimum Gasteiger partial charge on any atom is -0.349 e. The van der Waals surface area contributed by atoms with Crippen molar-refractivity contribution in [2.24, 2.45) is 0 Å². The molecule has 2 aromatic heterocycles. The van der Waals surface area contributed by atoms with E-state index in [4.69, 9.17) is 0 Å². The lowest BCUT2D eigenvalue weighted by molar-refractivity contribution is 0.0940. The van der Waals surface area contributed by atoms with Crippen LogP contribution in [0, 0.1) is 0 Å². The maximum atomic E-state index is 12.3. The molecule has 3 rings (SSSR count). The van der Waals surface area contributed by atoms with E-state index in [0.717, 1.165) is 29.5 Å². The first-order valence-corrected chi connectivity index (χ1v) is 7.62. The molecule has 1 amide bonds. The van der Waals surface area contributed by atoms with E-state index in [-0.39, 0.29) is 11.9 Å². The number of nitrogens with zero attached hydrogens (tertiary/aromatic N) is 3. The molecule has 21 heavy (non-hydrogen) atoms. The lowest BCUT2D eigenvalue weighted by Crippen LogP contribution is -2.53. The monoisotopic (exact) mass is 352 g/mol. The molecule has 0 aromatic carbocycles.